The lowest BCUT2D eigenvalue weighted by molar-refractivity contribution is -0.385. The molecule has 0 unspecified atom stereocenters. The number of carbonyl (C=O) groups is 2. The second-order valence-corrected chi connectivity index (χ2v) is 12.9. The Hall–Kier alpha value is -3.95. The second-order valence-electron chi connectivity index (χ2n) is 12.9. The molecule has 0 amide bonds. The Morgan fingerprint density at radius 2 is 1.45 bits per heavy atom. The fraction of sp³-hybridized carbons (Fsp3) is 0.438. The molecule has 2 aliphatic carbocycles. The zero-order chi connectivity index (χ0) is 30.8. The van der Waals surface area contributed by atoms with Gasteiger partial charge in [0, 0.05) is 59.5 Å². The van der Waals surface area contributed by atoms with Crippen molar-refractivity contribution in [1.82, 2.24) is 4.90 Å². The summed E-state index contributed by atoms with van der Waals surface area (Å²) in [7, 11) is 0. The van der Waals surface area contributed by atoms with Crippen LogP contribution in [0.15, 0.2) is 65.0 Å². The van der Waals surface area contributed by atoms with Crippen molar-refractivity contribution in [2.75, 3.05) is 6.54 Å². The first-order valence-corrected chi connectivity index (χ1v) is 14.0. The van der Waals surface area contributed by atoms with Gasteiger partial charge in [-0.15, -0.1) is 0 Å². The van der Waals surface area contributed by atoms with Crippen molar-refractivity contribution in [2.24, 2.45) is 10.8 Å². The van der Waals surface area contributed by atoms with Gasteiger partial charge in [0.05, 0.1) is 10.5 Å². The molecule has 0 atom stereocenters. The number of rotatable bonds is 5. The van der Waals surface area contributed by atoms with E-state index in [-0.39, 0.29) is 46.7 Å². The van der Waals surface area contributed by atoms with E-state index in [0.29, 0.717) is 42.2 Å². The molecular weight excluding hydrogens is 549 g/mol. The maximum Gasteiger partial charge on any atom is 0.416 e. The Morgan fingerprint density at radius 1 is 0.905 bits per heavy atom. The van der Waals surface area contributed by atoms with Gasteiger partial charge in [-0.25, -0.2) is 0 Å². The molecule has 42 heavy (non-hydrogen) atoms. The van der Waals surface area contributed by atoms with Crippen LogP contribution >= 0.6 is 0 Å². The molecule has 1 heterocycles. The highest BCUT2D eigenvalue weighted by Gasteiger charge is 2.49. The van der Waals surface area contributed by atoms with Gasteiger partial charge in [-0.3, -0.25) is 19.7 Å². The predicted octanol–water partition coefficient (Wildman–Crippen LogP) is 8.11. The van der Waals surface area contributed by atoms with Crippen LogP contribution in [0.4, 0.5) is 18.9 Å². The number of ketones is 2. The summed E-state index contributed by atoms with van der Waals surface area (Å²) in [6.07, 6.45) is -2.95. The van der Waals surface area contributed by atoms with Crippen LogP contribution < -0.4 is 4.74 Å². The van der Waals surface area contributed by atoms with Crippen molar-refractivity contribution in [3.8, 4) is 11.5 Å². The first-order chi connectivity index (χ1) is 19.5. The lowest BCUT2D eigenvalue weighted by Gasteiger charge is -2.49. The number of carbonyl (C=O) groups excluding carboxylic acids is 2. The number of para-hydroxylation sites is 1. The Kier molecular flexibility index (Phi) is 7.10. The highest BCUT2D eigenvalue weighted by Crippen LogP contribution is 2.55. The molecule has 1 aliphatic heterocycles. The highest BCUT2D eigenvalue weighted by atomic mass is 19.4. The summed E-state index contributed by atoms with van der Waals surface area (Å²) in [4.78, 5) is 40.7. The number of hydrogen-bond acceptors (Lipinski definition) is 6. The lowest BCUT2D eigenvalue weighted by Crippen LogP contribution is -2.44. The van der Waals surface area contributed by atoms with E-state index in [2.05, 4.69) is 4.90 Å². The van der Waals surface area contributed by atoms with E-state index in [9.17, 15) is 32.9 Å². The number of alkyl halides is 3. The number of nitro benzene ring substituents is 1. The van der Waals surface area contributed by atoms with Gasteiger partial charge in [0.15, 0.2) is 11.6 Å². The maximum atomic E-state index is 13.9. The van der Waals surface area contributed by atoms with Crippen LogP contribution in [0.5, 0.6) is 11.5 Å². The molecule has 0 bridgehead atoms. The molecule has 222 valence electrons. The van der Waals surface area contributed by atoms with Crippen LogP contribution in [0.3, 0.4) is 0 Å². The third-order valence-corrected chi connectivity index (χ3v) is 8.27. The summed E-state index contributed by atoms with van der Waals surface area (Å²) in [6, 6.07) is 8.73. The summed E-state index contributed by atoms with van der Waals surface area (Å²) >= 11 is 0. The summed E-state index contributed by atoms with van der Waals surface area (Å²) < 4.78 is 45.9. The first kappa shape index (κ1) is 29.5. The van der Waals surface area contributed by atoms with Crippen LogP contribution in [0.25, 0.3) is 0 Å². The van der Waals surface area contributed by atoms with E-state index in [4.69, 9.17) is 4.74 Å². The van der Waals surface area contributed by atoms with E-state index < -0.39 is 28.3 Å². The van der Waals surface area contributed by atoms with Gasteiger partial charge in [-0.1, -0.05) is 45.9 Å². The van der Waals surface area contributed by atoms with Crippen LogP contribution in [-0.4, -0.2) is 27.9 Å². The Balaban J connectivity index is 1.71. The minimum atomic E-state index is -4.77. The van der Waals surface area contributed by atoms with Crippen molar-refractivity contribution in [1.29, 1.82) is 0 Å². The van der Waals surface area contributed by atoms with Gasteiger partial charge in [0.1, 0.15) is 5.75 Å². The number of nitro groups is 1. The summed E-state index contributed by atoms with van der Waals surface area (Å²) in [5.74, 6) is -1.17. The SMILES string of the molecule is CCN1C2=C(C(=O)CC(C)(C)C2)C(c2ccccc2Oc2ccc(C(F)(F)F)cc2[N+](=O)[O-])C2=C1CC(C)(C)CC2=O. The van der Waals surface area contributed by atoms with Crippen LogP contribution in [-0.2, 0) is 15.8 Å². The molecular formula is C32H33F3N2O5. The van der Waals surface area contributed by atoms with Crippen molar-refractivity contribution in [3.05, 3.63) is 86.2 Å². The average molecular weight is 583 g/mol. The smallest absolute Gasteiger partial charge is 0.416 e. The largest absolute Gasteiger partial charge is 0.450 e. The van der Waals surface area contributed by atoms with E-state index in [1.54, 1.807) is 24.3 Å². The molecule has 0 N–H and O–H groups in total. The molecule has 3 aliphatic rings. The van der Waals surface area contributed by atoms with Crippen molar-refractivity contribution < 1.29 is 32.4 Å². The van der Waals surface area contributed by atoms with Gasteiger partial charge in [-0.05, 0) is 48.8 Å². The van der Waals surface area contributed by atoms with Gasteiger partial charge < -0.3 is 9.64 Å². The van der Waals surface area contributed by atoms with Crippen molar-refractivity contribution in [3.63, 3.8) is 0 Å². The number of halogens is 3. The number of nitrogens with zero attached hydrogens (tertiary/aromatic N) is 2. The zero-order valence-electron chi connectivity index (χ0n) is 24.2. The minimum Gasteiger partial charge on any atom is -0.450 e. The molecule has 0 saturated carbocycles. The molecule has 0 fully saturated rings. The van der Waals surface area contributed by atoms with Gasteiger partial charge in [0.25, 0.3) is 0 Å². The monoisotopic (exact) mass is 582 g/mol. The zero-order valence-corrected chi connectivity index (χ0v) is 24.2. The molecule has 2 aromatic carbocycles. The third-order valence-electron chi connectivity index (χ3n) is 8.27. The summed E-state index contributed by atoms with van der Waals surface area (Å²) in [6.45, 7) is 10.7. The highest BCUT2D eigenvalue weighted by molar-refractivity contribution is 6.07. The molecule has 10 heteroatoms. The van der Waals surface area contributed by atoms with Crippen LogP contribution in [0, 0.1) is 20.9 Å². The minimum absolute atomic E-state index is 0.0794. The normalized spacial score (nSPS) is 20.4. The summed E-state index contributed by atoms with van der Waals surface area (Å²) in [5, 5.41) is 11.8. The fourth-order valence-electron chi connectivity index (χ4n) is 6.59. The number of benzene rings is 2. The van der Waals surface area contributed by atoms with E-state index in [0.717, 1.165) is 23.5 Å². The predicted molar refractivity (Wildman–Crippen MR) is 150 cm³/mol. The van der Waals surface area contributed by atoms with Crippen molar-refractivity contribution >= 4 is 17.3 Å². The first-order valence-electron chi connectivity index (χ1n) is 14.0. The number of hydrogen-bond donors (Lipinski definition) is 0. The number of ether oxygens (including phenoxy) is 1. The summed E-state index contributed by atoms with van der Waals surface area (Å²) in [5.41, 5.74) is 0.620. The molecule has 0 aromatic heterocycles. The quantitative estimate of drug-likeness (QED) is 0.261. The molecule has 5 rings (SSSR count). The van der Waals surface area contributed by atoms with E-state index >= 15 is 0 Å². The Morgan fingerprint density at radius 3 is 1.95 bits per heavy atom. The molecule has 0 radical (unpaired) electrons. The average Bonchev–Trinajstić information content (AvgIpc) is 2.86. The molecule has 0 spiro atoms. The molecule has 0 saturated heterocycles. The van der Waals surface area contributed by atoms with Gasteiger partial charge >= 0.3 is 11.9 Å². The van der Waals surface area contributed by atoms with Crippen molar-refractivity contribution in [2.45, 2.75) is 72.4 Å². The lowest BCUT2D eigenvalue weighted by atomic mass is 9.63. The van der Waals surface area contributed by atoms with Gasteiger partial charge in [-0.2, -0.15) is 13.2 Å². The van der Waals surface area contributed by atoms with E-state index in [1.165, 1.54) is 0 Å². The standard InChI is InChI=1S/C32H33F3N2O5/c1-6-36-21-14-30(2,3)16-23(38)28(21)27(29-22(36)15-31(4,5)17-24(29)39)19-9-7-8-10-25(19)42-26-12-11-18(32(33,34)35)13-20(26)37(40)41/h7-13,27H,6,14-17H2,1-5H3. The Labute approximate surface area is 242 Å². The van der Waals surface area contributed by atoms with Crippen LogP contribution in [0.2, 0.25) is 0 Å². The molecule has 7 nitrogen and oxygen atoms in total. The number of Topliss-reactive ketones (excluding diaryl/α,β-unsaturated/α-hetero) is 2. The fourth-order valence-corrected chi connectivity index (χ4v) is 6.59. The maximum absolute atomic E-state index is 13.9. The third kappa shape index (κ3) is 5.23. The van der Waals surface area contributed by atoms with E-state index in [1.807, 2.05) is 34.6 Å². The molecule has 2 aromatic rings. The Bertz CT molecular complexity index is 1510. The van der Waals surface area contributed by atoms with Gasteiger partial charge in [0.2, 0.25) is 5.75 Å². The second kappa shape index (κ2) is 10.1. The van der Waals surface area contributed by atoms with Crippen LogP contribution in [0.1, 0.15) is 77.3 Å². The topological polar surface area (TPSA) is 89.8 Å². The number of allylic oxidation sites excluding steroid dienone is 4.